The third kappa shape index (κ3) is 6.71. The normalized spacial score (nSPS) is 10.3. The maximum atomic E-state index is 13.5. The monoisotopic (exact) mass is 387 g/mol. The average molecular weight is 387 g/mol. The highest BCUT2D eigenvalue weighted by atomic mass is 19.1. The number of ether oxygens (including phenoxy) is 1. The number of anilines is 1. The molecule has 0 aliphatic carbocycles. The first kappa shape index (κ1) is 20.9. The molecule has 3 N–H and O–H groups in total. The maximum Gasteiger partial charge on any atom is 0.338 e. The van der Waals surface area contributed by atoms with Crippen molar-refractivity contribution in [1.82, 2.24) is 10.6 Å². The maximum absolute atomic E-state index is 13.5. The molecule has 0 heterocycles. The third-order valence-electron chi connectivity index (χ3n) is 3.54. The molecule has 0 spiro atoms. The van der Waals surface area contributed by atoms with Crippen molar-refractivity contribution < 1.29 is 23.5 Å². The van der Waals surface area contributed by atoms with Crippen LogP contribution in [0.15, 0.2) is 48.5 Å². The van der Waals surface area contributed by atoms with Crippen molar-refractivity contribution in [1.29, 1.82) is 0 Å². The predicted molar refractivity (Wildman–Crippen MR) is 102 cm³/mol. The quantitative estimate of drug-likeness (QED) is 0.637. The molecule has 0 aromatic heterocycles. The number of nitrogens with one attached hydrogen (secondary N) is 3. The lowest BCUT2D eigenvalue weighted by atomic mass is 10.1. The van der Waals surface area contributed by atoms with E-state index >= 15 is 0 Å². The first-order chi connectivity index (χ1) is 13.3. The van der Waals surface area contributed by atoms with Gasteiger partial charge in [-0.15, -0.1) is 0 Å². The molecule has 0 saturated carbocycles. The van der Waals surface area contributed by atoms with Crippen molar-refractivity contribution >= 4 is 23.6 Å². The Labute approximate surface area is 162 Å². The minimum atomic E-state index is -0.680. The number of halogens is 1. The Hall–Kier alpha value is -3.42. The molecule has 2 rings (SSSR count). The van der Waals surface area contributed by atoms with Gasteiger partial charge in [0.2, 0.25) is 0 Å². The second kappa shape index (κ2) is 10.1. The molecule has 8 heteroatoms. The number of para-hydroxylation sites is 1. The molecule has 0 aliphatic heterocycles. The number of hydrogen-bond donors (Lipinski definition) is 3. The van der Waals surface area contributed by atoms with Crippen LogP contribution in [0.25, 0.3) is 0 Å². The summed E-state index contributed by atoms with van der Waals surface area (Å²) in [6.07, 6.45) is 0. The van der Waals surface area contributed by atoms with Crippen LogP contribution in [0.5, 0.6) is 0 Å². The van der Waals surface area contributed by atoms with Gasteiger partial charge in [0.05, 0.1) is 11.3 Å². The molecule has 2 aromatic rings. The minimum Gasteiger partial charge on any atom is -0.452 e. The van der Waals surface area contributed by atoms with Crippen LogP contribution in [0.3, 0.4) is 0 Å². The fraction of sp³-hybridized carbons (Fsp3) is 0.250. The first-order valence-electron chi connectivity index (χ1n) is 8.70. The van der Waals surface area contributed by atoms with E-state index < -0.39 is 24.3 Å². The van der Waals surface area contributed by atoms with Crippen LogP contribution in [-0.4, -0.2) is 30.6 Å². The van der Waals surface area contributed by atoms with Gasteiger partial charge in [-0.25, -0.2) is 14.0 Å². The lowest BCUT2D eigenvalue weighted by molar-refractivity contribution is -0.119. The highest BCUT2D eigenvalue weighted by Gasteiger charge is 2.12. The molecule has 7 nitrogen and oxygen atoms in total. The average Bonchev–Trinajstić information content (AvgIpc) is 2.66. The van der Waals surface area contributed by atoms with Gasteiger partial charge >= 0.3 is 12.0 Å². The zero-order chi connectivity index (χ0) is 20.5. The van der Waals surface area contributed by atoms with Gasteiger partial charge < -0.3 is 20.7 Å². The highest BCUT2D eigenvalue weighted by molar-refractivity contribution is 5.95. The van der Waals surface area contributed by atoms with E-state index in [1.165, 1.54) is 30.3 Å². The van der Waals surface area contributed by atoms with E-state index in [9.17, 15) is 18.8 Å². The summed E-state index contributed by atoms with van der Waals surface area (Å²) in [5.74, 6) is -1.90. The number of carbonyl (C=O) groups excluding carboxylic acids is 3. The molecule has 0 radical (unpaired) electrons. The Balaban J connectivity index is 1.80. The van der Waals surface area contributed by atoms with Gasteiger partial charge in [-0.1, -0.05) is 24.3 Å². The second-order valence-corrected chi connectivity index (χ2v) is 6.28. The van der Waals surface area contributed by atoms with E-state index in [0.29, 0.717) is 6.54 Å². The van der Waals surface area contributed by atoms with Gasteiger partial charge in [-0.05, 0) is 43.7 Å². The van der Waals surface area contributed by atoms with Crippen LogP contribution in [0.1, 0.15) is 29.8 Å². The van der Waals surface area contributed by atoms with E-state index in [2.05, 4.69) is 16.0 Å². The van der Waals surface area contributed by atoms with Crippen molar-refractivity contribution in [3.05, 3.63) is 65.5 Å². The number of amides is 3. The van der Waals surface area contributed by atoms with Crippen LogP contribution >= 0.6 is 0 Å². The predicted octanol–water partition coefficient (Wildman–Crippen LogP) is 2.83. The number of carbonyl (C=O) groups is 3. The van der Waals surface area contributed by atoms with Crippen LogP contribution in [-0.2, 0) is 16.1 Å². The van der Waals surface area contributed by atoms with Crippen molar-refractivity contribution in [2.45, 2.75) is 26.4 Å². The smallest absolute Gasteiger partial charge is 0.338 e. The molecule has 0 fully saturated rings. The summed E-state index contributed by atoms with van der Waals surface area (Å²) in [5.41, 5.74) is 1.07. The zero-order valence-corrected chi connectivity index (χ0v) is 15.6. The first-order valence-corrected chi connectivity index (χ1v) is 8.70. The highest BCUT2D eigenvalue weighted by Crippen LogP contribution is 2.12. The van der Waals surface area contributed by atoms with E-state index in [0.717, 1.165) is 5.56 Å². The Morgan fingerprint density at radius 3 is 2.36 bits per heavy atom. The van der Waals surface area contributed by atoms with E-state index in [4.69, 9.17) is 4.74 Å². The molecule has 3 amide bonds. The Kier molecular flexibility index (Phi) is 7.50. The largest absolute Gasteiger partial charge is 0.452 e. The van der Waals surface area contributed by atoms with E-state index in [1.54, 1.807) is 18.2 Å². The fourth-order valence-electron chi connectivity index (χ4n) is 2.22. The van der Waals surface area contributed by atoms with Gasteiger partial charge in [-0.3, -0.25) is 4.79 Å². The Morgan fingerprint density at radius 2 is 1.71 bits per heavy atom. The van der Waals surface area contributed by atoms with Crippen LogP contribution in [0, 0.1) is 5.82 Å². The van der Waals surface area contributed by atoms with Crippen molar-refractivity contribution in [3.63, 3.8) is 0 Å². The summed E-state index contributed by atoms with van der Waals surface area (Å²) in [4.78, 5) is 35.3. The second-order valence-electron chi connectivity index (χ2n) is 6.28. The molecular formula is C20H22FN3O4. The lowest BCUT2D eigenvalue weighted by Crippen LogP contribution is -2.39. The Bertz CT molecular complexity index is 838. The van der Waals surface area contributed by atoms with E-state index in [-0.39, 0.29) is 23.3 Å². The lowest BCUT2D eigenvalue weighted by Gasteiger charge is -2.10. The van der Waals surface area contributed by atoms with Crippen molar-refractivity contribution in [3.8, 4) is 0 Å². The number of urea groups is 1. The molecule has 2 aromatic carbocycles. The summed E-state index contributed by atoms with van der Waals surface area (Å²) in [7, 11) is 0. The minimum absolute atomic E-state index is 0.0157. The molecule has 28 heavy (non-hydrogen) atoms. The molecular weight excluding hydrogens is 365 g/mol. The molecule has 0 atom stereocenters. The SMILES string of the molecule is CC(C)NC(=O)NCc1ccc(C(=O)OCC(=O)Nc2ccccc2F)cc1. The topological polar surface area (TPSA) is 96.5 Å². The molecule has 148 valence electrons. The molecule has 0 aliphatic rings. The molecule has 0 bridgehead atoms. The van der Waals surface area contributed by atoms with E-state index in [1.807, 2.05) is 13.8 Å². The van der Waals surface area contributed by atoms with Crippen LogP contribution < -0.4 is 16.0 Å². The third-order valence-corrected chi connectivity index (χ3v) is 3.54. The van der Waals surface area contributed by atoms with Crippen LogP contribution in [0.4, 0.5) is 14.9 Å². The zero-order valence-electron chi connectivity index (χ0n) is 15.6. The summed E-state index contributed by atoms with van der Waals surface area (Å²) in [6.45, 7) is 3.48. The van der Waals surface area contributed by atoms with Gasteiger partial charge in [0, 0.05) is 12.6 Å². The number of esters is 1. The molecule has 0 saturated heterocycles. The summed E-state index contributed by atoms with van der Waals surface area (Å²) < 4.78 is 18.4. The fourth-order valence-corrected chi connectivity index (χ4v) is 2.22. The van der Waals surface area contributed by atoms with Crippen molar-refractivity contribution in [2.75, 3.05) is 11.9 Å². The van der Waals surface area contributed by atoms with Gasteiger partial charge in [0.25, 0.3) is 5.91 Å². The number of benzene rings is 2. The van der Waals surface area contributed by atoms with Gasteiger partial charge in [0.1, 0.15) is 5.82 Å². The summed E-state index contributed by atoms with van der Waals surface area (Å²) in [6, 6.07) is 11.9. The van der Waals surface area contributed by atoms with Gasteiger partial charge in [-0.2, -0.15) is 0 Å². The standard InChI is InChI=1S/C20H22FN3O4/c1-13(2)23-20(27)22-11-14-7-9-15(10-8-14)19(26)28-12-18(25)24-17-6-4-3-5-16(17)21/h3-10,13H,11-12H2,1-2H3,(H,24,25)(H2,22,23,27). The number of rotatable bonds is 7. The van der Waals surface area contributed by atoms with Crippen LogP contribution in [0.2, 0.25) is 0 Å². The van der Waals surface area contributed by atoms with Crippen molar-refractivity contribution in [2.24, 2.45) is 0 Å². The Morgan fingerprint density at radius 1 is 1.04 bits per heavy atom. The number of hydrogen-bond acceptors (Lipinski definition) is 4. The van der Waals surface area contributed by atoms with Gasteiger partial charge in [0.15, 0.2) is 6.61 Å². The molecule has 0 unspecified atom stereocenters. The summed E-state index contributed by atoms with van der Waals surface area (Å²) >= 11 is 0. The summed E-state index contributed by atoms with van der Waals surface area (Å²) in [5, 5.41) is 7.73.